The number of rotatable bonds is 2. The van der Waals surface area contributed by atoms with E-state index in [0.717, 1.165) is 6.07 Å². The van der Waals surface area contributed by atoms with Crippen molar-refractivity contribution in [3.05, 3.63) is 29.6 Å². The second kappa shape index (κ2) is 4.76. The van der Waals surface area contributed by atoms with Crippen LogP contribution in [-0.2, 0) is 9.84 Å². The summed E-state index contributed by atoms with van der Waals surface area (Å²) in [5.41, 5.74) is 5.02. The number of halogens is 2. The molecule has 112 valence electrons. The summed E-state index contributed by atoms with van der Waals surface area (Å²) in [6.07, 6.45) is 0.398. The number of nitrogens with zero attached hydrogens (tertiary/aromatic N) is 2. The van der Waals surface area contributed by atoms with E-state index in [4.69, 9.17) is 10.3 Å². The van der Waals surface area contributed by atoms with Crippen LogP contribution < -0.4 is 5.73 Å². The maximum Gasteiger partial charge on any atom is 0.260 e. The minimum absolute atomic E-state index is 0.0555. The average molecular weight is 315 g/mol. The molecule has 1 fully saturated rings. The third-order valence-electron chi connectivity index (χ3n) is 3.36. The Morgan fingerprint density at radius 3 is 2.71 bits per heavy atom. The summed E-state index contributed by atoms with van der Waals surface area (Å²) in [6, 6.07) is 1.70. The Balaban J connectivity index is 1.94. The van der Waals surface area contributed by atoms with Gasteiger partial charge in [-0.2, -0.15) is 4.98 Å². The Labute approximate surface area is 118 Å². The third-order valence-corrected chi connectivity index (χ3v) is 5.12. The lowest BCUT2D eigenvalue weighted by Gasteiger charge is -2.01. The fraction of sp³-hybridized carbons (Fsp3) is 0.333. The summed E-state index contributed by atoms with van der Waals surface area (Å²) in [7, 11) is -3.08. The van der Waals surface area contributed by atoms with Crippen LogP contribution in [0.2, 0.25) is 0 Å². The van der Waals surface area contributed by atoms with Gasteiger partial charge in [-0.3, -0.25) is 0 Å². The van der Waals surface area contributed by atoms with Crippen molar-refractivity contribution in [2.45, 2.75) is 12.3 Å². The predicted molar refractivity (Wildman–Crippen MR) is 70.1 cm³/mol. The van der Waals surface area contributed by atoms with Gasteiger partial charge in [0.15, 0.2) is 15.7 Å². The van der Waals surface area contributed by atoms with Crippen molar-refractivity contribution in [3.8, 4) is 11.5 Å². The lowest BCUT2D eigenvalue weighted by Crippen LogP contribution is -2.05. The SMILES string of the molecule is Nc1cc(-c2nc(C3CCS(=O)(=O)C3)no2)c(F)cc1F. The van der Waals surface area contributed by atoms with Gasteiger partial charge in [0, 0.05) is 12.0 Å². The van der Waals surface area contributed by atoms with Gasteiger partial charge in [0.05, 0.1) is 22.8 Å². The molecule has 2 aromatic rings. The first-order chi connectivity index (χ1) is 9.85. The Morgan fingerprint density at radius 1 is 1.29 bits per heavy atom. The zero-order chi connectivity index (χ0) is 15.2. The summed E-state index contributed by atoms with van der Waals surface area (Å²) in [4.78, 5) is 4.00. The zero-order valence-corrected chi connectivity index (χ0v) is 11.5. The molecule has 6 nitrogen and oxygen atoms in total. The van der Waals surface area contributed by atoms with Gasteiger partial charge in [0.2, 0.25) is 0 Å². The molecule has 3 rings (SSSR count). The van der Waals surface area contributed by atoms with Crippen LogP contribution in [0.4, 0.5) is 14.5 Å². The molecule has 0 radical (unpaired) electrons. The van der Waals surface area contributed by atoms with Crippen molar-refractivity contribution < 1.29 is 21.7 Å². The number of hydrogen-bond donors (Lipinski definition) is 1. The first-order valence-corrected chi connectivity index (χ1v) is 7.97. The quantitative estimate of drug-likeness (QED) is 0.843. The second-order valence-electron chi connectivity index (χ2n) is 4.91. The lowest BCUT2D eigenvalue weighted by atomic mass is 10.1. The molecule has 0 saturated carbocycles. The maximum atomic E-state index is 13.7. The number of nitrogen functional groups attached to an aromatic ring is 1. The molecule has 1 aliphatic rings. The first kappa shape index (κ1) is 13.9. The molecule has 9 heteroatoms. The second-order valence-corrected chi connectivity index (χ2v) is 7.14. The topological polar surface area (TPSA) is 99.1 Å². The highest BCUT2D eigenvalue weighted by Gasteiger charge is 2.32. The summed E-state index contributed by atoms with van der Waals surface area (Å²) in [5, 5.41) is 3.68. The monoisotopic (exact) mass is 315 g/mol. The highest BCUT2D eigenvalue weighted by Crippen LogP contribution is 2.30. The summed E-state index contributed by atoms with van der Waals surface area (Å²) < 4.78 is 54.6. The van der Waals surface area contributed by atoms with Gasteiger partial charge in [-0.05, 0) is 12.5 Å². The van der Waals surface area contributed by atoms with E-state index in [1.54, 1.807) is 0 Å². The van der Waals surface area contributed by atoms with Crippen molar-refractivity contribution in [1.82, 2.24) is 10.1 Å². The average Bonchev–Trinajstić information content (AvgIpc) is 3.00. The van der Waals surface area contributed by atoms with Gasteiger partial charge in [0.25, 0.3) is 5.89 Å². The van der Waals surface area contributed by atoms with Crippen LogP contribution in [0.5, 0.6) is 0 Å². The number of benzene rings is 1. The largest absolute Gasteiger partial charge is 0.396 e. The van der Waals surface area contributed by atoms with E-state index >= 15 is 0 Å². The summed E-state index contributed by atoms with van der Waals surface area (Å²) in [6.45, 7) is 0. The van der Waals surface area contributed by atoms with Gasteiger partial charge < -0.3 is 10.3 Å². The minimum atomic E-state index is -3.08. The predicted octanol–water partition coefficient (Wildman–Crippen LogP) is 1.50. The Bertz CT molecular complexity index is 804. The van der Waals surface area contributed by atoms with Crippen molar-refractivity contribution in [2.24, 2.45) is 0 Å². The van der Waals surface area contributed by atoms with Crippen LogP contribution in [0.3, 0.4) is 0 Å². The van der Waals surface area contributed by atoms with Crippen molar-refractivity contribution in [3.63, 3.8) is 0 Å². The molecule has 1 unspecified atom stereocenters. The number of anilines is 1. The standard InChI is InChI=1S/C12H11F2N3O3S/c13-8-4-9(14)10(15)3-7(8)12-16-11(17-20-12)6-1-2-21(18,19)5-6/h3-4,6H,1-2,5,15H2. The highest BCUT2D eigenvalue weighted by molar-refractivity contribution is 7.91. The highest BCUT2D eigenvalue weighted by atomic mass is 32.2. The van der Waals surface area contributed by atoms with Crippen LogP contribution in [0.15, 0.2) is 16.7 Å². The molecule has 1 atom stereocenters. The van der Waals surface area contributed by atoms with E-state index in [1.165, 1.54) is 0 Å². The Kier molecular flexibility index (Phi) is 3.16. The minimum Gasteiger partial charge on any atom is -0.396 e. The summed E-state index contributed by atoms with van der Waals surface area (Å²) >= 11 is 0. The number of aromatic nitrogens is 2. The molecule has 0 aliphatic carbocycles. The van der Waals surface area contributed by atoms with Crippen LogP contribution in [0.25, 0.3) is 11.5 Å². The molecule has 1 aliphatic heterocycles. The van der Waals surface area contributed by atoms with Gasteiger partial charge in [-0.15, -0.1) is 0 Å². The van der Waals surface area contributed by atoms with Crippen LogP contribution in [0, 0.1) is 11.6 Å². The van der Waals surface area contributed by atoms with Crippen molar-refractivity contribution in [2.75, 3.05) is 17.2 Å². The first-order valence-electron chi connectivity index (χ1n) is 6.14. The molecule has 2 N–H and O–H groups in total. The molecular weight excluding hydrogens is 304 g/mol. The van der Waals surface area contributed by atoms with E-state index in [9.17, 15) is 17.2 Å². The van der Waals surface area contributed by atoms with E-state index in [1.807, 2.05) is 0 Å². The maximum absolute atomic E-state index is 13.7. The van der Waals surface area contributed by atoms with E-state index in [0.29, 0.717) is 12.5 Å². The molecule has 1 saturated heterocycles. The molecule has 0 amide bonds. The van der Waals surface area contributed by atoms with Gasteiger partial charge in [-0.25, -0.2) is 17.2 Å². The fourth-order valence-corrected chi connectivity index (χ4v) is 3.98. The van der Waals surface area contributed by atoms with Gasteiger partial charge >= 0.3 is 0 Å². The van der Waals surface area contributed by atoms with E-state index < -0.39 is 21.5 Å². The van der Waals surface area contributed by atoms with Crippen LogP contribution in [-0.4, -0.2) is 30.1 Å². The smallest absolute Gasteiger partial charge is 0.260 e. The van der Waals surface area contributed by atoms with Gasteiger partial charge in [0.1, 0.15) is 11.6 Å². The van der Waals surface area contributed by atoms with Crippen molar-refractivity contribution in [1.29, 1.82) is 0 Å². The van der Waals surface area contributed by atoms with Crippen LogP contribution >= 0.6 is 0 Å². The van der Waals surface area contributed by atoms with E-state index in [-0.39, 0.29) is 40.4 Å². The lowest BCUT2D eigenvalue weighted by molar-refractivity contribution is 0.415. The molecule has 1 aromatic heterocycles. The van der Waals surface area contributed by atoms with Crippen LogP contribution in [0.1, 0.15) is 18.2 Å². The molecule has 0 bridgehead atoms. The Morgan fingerprint density at radius 2 is 2.05 bits per heavy atom. The number of nitrogens with two attached hydrogens (primary N) is 1. The zero-order valence-electron chi connectivity index (χ0n) is 10.7. The summed E-state index contributed by atoms with van der Waals surface area (Å²) in [5.74, 6) is -2.06. The van der Waals surface area contributed by atoms with E-state index in [2.05, 4.69) is 10.1 Å². The number of sulfone groups is 1. The molecule has 1 aromatic carbocycles. The normalized spacial score (nSPS) is 20.8. The van der Waals surface area contributed by atoms with Gasteiger partial charge in [-0.1, -0.05) is 5.16 Å². The third kappa shape index (κ3) is 2.60. The Hall–Kier alpha value is -2.03. The van der Waals surface area contributed by atoms with Crippen molar-refractivity contribution >= 4 is 15.5 Å². The molecule has 21 heavy (non-hydrogen) atoms. The molecule has 2 heterocycles. The molecule has 0 spiro atoms. The fourth-order valence-electron chi connectivity index (χ4n) is 2.24. The molecular formula is C12H11F2N3O3S. The number of hydrogen-bond acceptors (Lipinski definition) is 6.